The zero-order valence-corrected chi connectivity index (χ0v) is 16.7. The zero-order valence-electron chi connectivity index (χ0n) is 16.7. The lowest BCUT2D eigenvalue weighted by Crippen LogP contribution is -3.28. The van der Waals surface area contributed by atoms with Crippen LogP contribution in [0.4, 0.5) is 5.69 Å². The Labute approximate surface area is 166 Å². The Bertz CT molecular complexity index is 812. The molecule has 148 valence electrons. The van der Waals surface area contributed by atoms with Crippen LogP contribution in [0, 0.1) is 6.92 Å². The first kappa shape index (κ1) is 20.0. The Balaban J connectivity index is 1.43. The lowest BCUT2D eigenvalue weighted by atomic mass is 10.1. The SMILES string of the molecule is CNC(=O)c1ccc(NC(=O)C[NH+]2CC[NH+](Cc3cccc(C)c3)CC2)cc1. The molecule has 1 aliphatic rings. The highest BCUT2D eigenvalue weighted by molar-refractivity contribution is 5.95. The van der Waals surface area contributed by atoms with E-state index in [0.29, 0.717) is 12.1 Å². The van der Waals surface area contributed by atoms with Gasteiger partial charge in [-0.25, -0.2) is 0 Å². The van der Waals surface area contributed by atoms with Crippen molar-refractivity contribution in [2.24, 2.45) is 0 Å². The monoisotopic (exact) mass is 382 g/mol. The first-order chi connectivity index (χ1) is 13.5. The summed E-state index contributed by atoms with van der Waals surface area (Å²) in [5.41, 5.74) is 4.00. The van der Waals surface area contributed by atoms with Gasteiger partial charge in [0.2, 0.25) is 0 Å². The summed E-state index contributed by atoms with van der Waals surface area (Å²) in [7, 11) is 1.60. The minimum Gasteiger partial charge on any atom is -0.355 e. The molecule has 0 saturated carbocycles. The molecule has 0 bridgehead atoms. The quantitative estimate of drug-likeness (QED) is 0.533. The molecule has 6 heteroatoms. The van der Waals surface area contributed by atoms with Crippen molar-refractivity contribution in [2.45, 2.75) is 13.5 Å². The van der Waals surface area contributed by atoms with Crippen molar-refractivity contribution in [3.8, 4) is 0 Å². The van der Waals surface area contributed by atoms with Crippen LogP contribution in [0.15, 0.2) is 48.5 Å². The molecule has 2 aromatic rings. The third-order valence-electron chi connectivity index (χ3n) is 5.27. The van der Waals surface area contributed by atoms with Crippen LogP contribution in [0.25, 0.3) is 0 Å². The van der Waals surface area contributed by atoms with E-state index in [-0.39, 0.29) is 11.8 Å². The molecule has 1 fully saturated rings. The van der Waals surface area contributed by atoms with E-state index in [1.54, 1.807) is 36.2 Å². The van der Waals surface area contributed by atoms with Crippen LogP contribution in [0.5, 0.6) is 0 Å². The maximum Gasteiger partial charge on any atom is 0.279 e. The number of carbonyl (C=O) groups excluding carboxylic acids is 2. The predicted octanol–water partition coefficient (Wildman–Crippen LogP) is -0.723. The summed E-state index contributed by atoms with van der Waals surface area (Å²) >= 11 is 0. The first-order valence-corrected chi connectivity index (χ1v) is 9.88. The van der Waals surface area contributed by atoms with Crippen molar-refractivity contribution in [3.63, 3.8) is 0 Å². The molecule has 0 unspecified atom stereocenters. The number of quaternary nitrogens is 2. The fourth-order valence-electron chi connectivity index (χ4n) is 3.70. The van der Waals surface area contributed by atoms with Gasteiger partial charge in [0.1, 0.15) is 32.7 Å². The molecular formula is C22H30N4O2+2. The molecule has 6 nitrogen and oxygen atoms in total. The van der Waals surface area contributed by atoms with Gasteiger partial charge >= 0.3 is 0 Å². The van der Waals surface area contributed by atoms with Crippen LogP contribution in [0.3, 0.4) is 0 Å². The van der Waals surface area contributed by atoms with Gasteiger partial charge in [-0.05, 0) is 31.2 Å². The fraction of sp³-hybridized carbons (Fsp3) is 0.364. The van der Waals surface area contributed by atoms with E-state index < -0.39 is 0 Å². The molecule has 0 atom stereocenters. The highest BCUT2D eigenvalue weighted by Gasteiger charge is 2.24. The third-order valence-corrected chi connectivity index (χ3v) is 5.27. The lowest BCUT2D eigenvalue weighted by Gasteiger charge is -2.29. The number of piperazine rings is 1. The fourth-order valence-corrected chi connectivity index (χ4v) is 3.70. The Hall–Kier alpha value is -2.70. The molecule has 0 aromatic heterocycles. The second-order valence-corrected chi connectivity index (χ2v) is 7.55. The van der Waals surface area contributed by atoms with Crippen molar-refractivity contribution in [2.75, 3.05) is 45.1 Å². The van der Waals surface area contributed by atoms with Gasteiger partial charge in [-0.2, -0.15) is 0 Å². The van der Waals surface area contributed by atoms with Crippen molar-refractivity contribution in [1.82, 2.24) is 5.32 Å². The third kappa shape index (κ3) is 5.65. The van der Waals surface area contributed by atoms with Gasteiger partial charge in [0.25, 0.3) is 11.8 Å². The molecule has 1 saturated heterocycles. The van der Waals surface area contributed by atoms with Gasteiger partial charge in [0.15, 0.2) is 6.54 Å². The molecule has 1 aliphatic heterocycles. The average Bonchev–Trinajstić information content (AvgIpc) is 2.69. The van der Waals surface area contributed by atoms with Crippen molar-refractivity contribution >= 4 is 17.5 Å². The van der Waals surface area contributed by atoms with E-state index in [1.807, 2.05) is 0 Å². The standard InChI is InChI=1S/C22H28N4O2/c1-17-4-3-5-18(14-17)15-25-10-12-26(13-11-25)16-21(27)24-20-8-6-19(7-9-20)22(28)23-2/h3-9,14H,10-13,15-16H2,1-2H3,(H,23,28)(H,24,27)/p+2. The summed E-state index contributed by atoms with van der Waals surface area (Å²) in [6.45, 7) is 7.84. The van der Waals surface area contributed by atoms with Crippen LogP contribution in [0.1, 0.15) is 21.5 Å². The zero-order chi connectivity index (χ0) is 19.9. The number of nitrogens with one attached hydrogen (secondary N) is 4. The van der Waals surface area contributed by atoms with E-state index in [1.165, 1.54) is 16.0 Å². The minimum absolute atomic E-state index is 0.0184. The molecule has 0 radical (unpaired) electrons. The van der Waals surface area contributed by atoms with Crippen molar-refractivity contribution < 1.29 is 19.4 Å². The topological polar surface area (TPSA) is 67.1 Å². The lowest BCUT2D eigenvalue weighted by molar-refractivity contribution is -1.02. The van der Waals surface area contributed by atoms with Gasteiger partial charge in [0, 0.05) is 23.9 Å². The van der Waals surface area contributed by atoms with Crippen LogP contribution in [-0.2, 0) is 11.3 Å². The number of amides is 2. The molecule has 1 heterocycles. The van der Waals surface area contributed by atoms with E-state index in [2.05, 4.69) is 41.8 Å². The Morgan fingerprint density at radius 2 is 1.64 bits per heavy atom. The minimum atomic E-state index is -0.131. The van der Waals surface area contributed by atoms with Gasteiger partial charge in [0.05, 0.1) is 0 Å². The summed E-state index contributed by atoms with van der Waals surface area (Å²) < 4.78 is 0. The number of benzene rings is 2. The molecular weight excluding hydrogens is 352 g/mol. The van der Waals surface area contributed by atoms with Crippen molar-refractivity contribution in [3.05, 3.63) is 65.2 Å². The van der Waals surface area contributed by atoms with Crippen LogP contribution in [-0.4, -0.2) is 51.6 Å². The van der Waals surface area contributed by atoms with Gasteiger partial charge in [-0.15, -0.1) is 0 Å². The molecule has 2 aromatic carbocycles. The second kappa shape index (κ2) is 9.48. The number of hydrogen-bond acceptors (Lipinski definition) is 2. The van der Waals surface area contributed by atoms with E-state index in [4.69, 9.17) is 0 Å². The largest absolute Gasteiger partial charge is 0.355 e. The normalized spacial score (nSPS) is 19.1. The average molecular weight is 383 g/mol. The van der Waals surface area contributed by atoms with E-state index >= 15 is 0 Å². The van der Waals surface area contributed by atoms with Gasteiger partial charge in [-0.1, -0.05) is 29.8 Å². The molecule has 3 rings (SSSR count). The predicted molar refractivity (Wildman–Crippen MR) is 110 cm³/mol. The maximum absolute atomic E-state index is 12.3. The molecule has 0 aliphatic carbocycles. The number of anilines is 1. The first-order valence-electron chi connectivity index (χ1n) is 9.88. The Morgan fingerprint density at radius 1 is 0.964 bits per heavy atom. The van der Waals surface area contributed by atoms with Crippen molar-refractivity contribution in [1.29, 1.82) is 0 Å². The van der Waals surface area contributed by atoms with E-state index in [0.717, 1.165) is 38.4 Å². The van der Waals surface area contributed by atoms with Crippen LogP contribution >= 0.6 is 0 Å². The second-order valence-electron chi connectivity index (χ2n) is 7.55. The Kier molecular flexibility index (Phi) is 6.79. The molecule has 4 N–H and O–H groups in total. The number of rotatable bonds is 6. The molecule has 0 spiro atoms. The maximum atomic E-state index is 12.3. The molecule has 2 amide bonds. The molecule has 28 heavy (non-hydrogen) atoms. The number of hydrogen-bond donors (Lipinski definition) is 4. The highest BCUT2D eigenvalue weighted by Crippen LogP contribution is 2.09. The van der Waals surface area contributed by atoms with Gasteiger partial charge < -0.3 is 20.4 Å². The van der Waals surface area contributed by atoms with Crippen LogP contribution < -0.4 is 20.4 Å². The number of aryl methyl sites for hydroxylation is 1. The summed E-state index contributed by atoms with van der Waals surface area (Å²) in [5, 5.41) is 5.52. The smallest absolute Gasteiger partial charge is 0.279 e. The summed E-state index contributed by atoms with van der Waals surface area (Å²) in [6.07, 6.45) is 0. The van der Waals surface area contributed by atoms with Gasteiger partial charge in [-0.3, -0.25) is 9.59 Å². The summed E-state index contributed by atoms with van der Waals surface area (Å²) in [4.78, 5) is 26.8. The highest BCUT2D eigenvalue weighted by atomic mass is 16.2. The van der Waals surface area contributed by atoms with E-state index in [9.17, 15) is 9.59 Å². The Morgan fingerprint density at radius 3 is 2.29 bits per heavy atom. The summed E-state index contributed by atoms with van der Waals surface area (Å²) in [6, 6.07) is 15.7. The van der Waals surface area contributed by atoms with Crippen LogP contribution in [0.2, 0.25) is 0 Å². The number of carbonyl (C=O) groups is 2. The summed E-state index contributed by atoms with van der Waals surface area (Å²) in [5.74, 6) is -0.113.